The van der Waals surface area contributed by atoms with Gasteiger partial charge in [0.05, 0.1) is 12.0 Å². The maximum atomic E-state index is 13.8. The van der Waals surface area contributed by atoms with E-state index in [1.165, 1.54) is 0 Å². The van der Waals surface area contributed by atoms with Crippen LogP contribution in [-0.2, 0) is 10.4 Å². The smallest absolute Gasteiger partial charge is 0.436 e. The van der Waals surface area contributed by atoms with E-state index in [1.807, 2.05) is 0 Å². The van der Waals surface area contributed by atoms with Crippen molar-refractivity contribution in [3.63, 3.8) is 0 Å². The van der Waals surface area contributed by atoms with Crippen LogP contribution in [0.1, 0.15) is 20.1 Å². The summed E-state index contributed by atoms with van der Waals surface area (Å²) < 4.78 is 93.3. The van der Waals surface area contributed by atoms with Gasteiger partial charge < -0.3 is 4.74 Å². The highest BCUT2D eigenvalue weighted by molar-refractivity contribution is 7.14. The van der Waals surface area contributed by atoms with Gasteiger partial charge in [0.25, 0.3) is 0 Å². The Hall–Kier alpha value is -1.32. The van der Waals surface area contributed by atoms with Crippen LogP contribution in [0.2, 0.25) is 0 Å². The predicted octanol–water partition coefficient (Wildman–Crippen LogP) is 4.13. The van der Waals surface area contributed by atoms with E-state index in [2.05, 4.69) is 4.74 Å². The molecule has 0 aliphatic heterocycles. The van der Waals surface area contributed by atoms with Gasteiger partial charge in [0, 0.05) is 0 Å². The molecule has 0 radical (unpaired) electrons. The van der Waals surface area contributed by atoms with Crippen molar-refractivity contribution < 1.29 is 40.3 Å². The zero-order chi connectivity index (χ0) is 15.9. The Balaban J connectivity index is 3.53. The monoisotopic (exact) mass is 324 g/mol. The number of alkyl halides is 7. The van der Waals surface area contributed by atoms with Crippen molar-refractivity contribution in [3.8, 4) is 0 Å². The van der Waals surface area contributed by atoms with Crippen molar-refractivity contribution in [1.82, 2.24) is 0 Å². The number of halogens is 7. The summed E-state index contributed by atoms with van der Waals surface area (Å²) in [5.41, 5.74) is -6.16. The van der Waals surface area contributed by atoms with Crippen LogP contribution in [0.3, 0.4) is 0 Å². The van der Waals surface area contributed by atoms with Crippen LogP contribution in [0.15, 0.2) is 6.07 Å². The normalized spacial score (nSPS) is 13.4. The zero-order valence-electron chi connectivity index (χ0n) is 9.95. The Kier molecular flexibility index (Phi) is 4.10. The summed E-state index contributed by atoms with van der Waals surface area (Å²) >= 11 is -0.237. The number of aryl methyl sites for hydroxylation is 1. The molecular formula is C10H7F7O2S. The van der Waals surface area contributed by atoms with Crippen LogP contribution in [-0.4, -0.2) is 25.4 Å². The summed E-state index contributed by atoms with van der Waals surface area (Å²) in [6.45, 7) is 0.851. The van der Waals surface area contributed by atoms with Gasteiger partial charge in [-0.25, -0.2) is 9.18 Å². The van der Waals surface area contributed by atoms with E-state index in [9.17, 15) is 35.5 Å². The van der Waals surface area contributed by atoms with E-state index in [0.717, 1.165) is 20.1 Å². The van der Waals surface area contributed by atoms with Gasteiger partial charge in [-0.05, 0) is 18.6 Å². The predicted molar refractivity (Wildman–Crippen MR) is 55.3 cm³/mol. The molecule has 0 atom stereocenters. The first-order valence-electron chi connectivity index (χ1n) is 4.87. The molecule has 0 saturated carbocycles. The summed E-state index contributed by atoms with van der Waals surface area (Å²) in [6, 6.07) is 0.720. The van der Waals surface area contributed by atoms with Gasteiger partial charge in [0.15, 0.2) is 0 Å². The number of hydrogen-bond acceptors (Lipinski definition) is 3. The third kappa shape index (κ3) is 2.48. The number of hydrogen-bond donors (Lipinski definition) is 0. The summed E-state index contributed by atoms with van der Waals surface area (Å²) in [5, 5.41) is 0. The highest BCUT2D eigenvalue weighted by atomic mass is 32.1. The van der Waals surface area contributed by atoms with Crippen molar-refractivity contribution in [3.05, 3.63) is 21.4 Å². The second-order valence-corrected chi connectivity index (χ2v) is 4.82. The Morgan fingerprint density at radius 3 is 1.90 bits per heavy atom. The maximum absolute atomic E-state index is 13.8. The standard InChI is InChI=1S/C10H7F7O2S/c1-4-3-5(7(18)19-2)20-6(4)8(11,9(12,13)14)10(15,16)17/h3H,1-2H3. The van der Waals surface area contributed by atoms with Crippen LogP contribution in [0.5, 0.6) is 0 Å². The fourth-order valence-corrected chi connectivity index (χ4v) is 2.66. The van der Waals surface area contributed by atoms with Crippen LogP contribution in [0.25, 0.3) is 0 Å². The molecule has 114 valence electrons. The zero-order valence-corrected chi connectivity index (χ0v) is 10.8. The van der Waals surface area contributed by atoms with Crippen LogP contribution < -0.4 is 0 Å². The number of esters is 1. The molecule has 1 heterocycles. The number of thiophene rings is 1. The van der Waals surface area contributed by atoms with Crippen LogP contribution in [0.4, 0.5) is 30.7 Å². The summed E-state index contributed by atoms with van der Waals surface area (Å²) in [7, 11) is 0.896. The molecule has 1 aromatic rings. The van der Waals surface area contributed by atoms with Crippen LogP contribution >= 0.6 is 11.3 Å². The Bertz CT molecular complexity index is 501. The second kappa shape index (κ2) is 4.90. The van der Waals surface area contributed by atoms with Gasteiger partial charge in [-0.1, -0.05) is 0 Å². The van der Waals surface area contributed by atoms with Crippen LogP contribution in [0, 0.1) is 6.92 Å². The quantitative estimate of drug-likeness (QED) is 0.604. The third-order valence-corrected chi connectivity index (χ3v) is 3.71. The minimum atomic E-state index is -6.20. The molecule has 0 aliphatic carbocycles. The highest BCUT2D eigenvalue weighted by Crippen LogP contribution is 2.55. The minimum Gasteiger partial charge on any atom is -0.465 e. The second-order valence-electron chi connectivity index (χ2n) is 3.77. The van der Waals surface area contributed by atoms with E-state index >= 15 is 0 Å². The minimum absolute atomic E-state index is 0.237. The first-order valence-corrected chi connectivity index (χ1v) is 5.69. The summed E-state index contributed by atoms with van der Waals surface area (Å²) in [6.07, 6.45) is -12.4. The molecule has 0 amide bonds. The lowest BCUT2D eigenvalue weighted by Crippen LogP contribution is -2.50. The Morgan fingerprint density at radius 2 is 1.55 bits per heavy atom. The van der Waals surface area contributed by atoms with Gasteiger partial charge in [-0.3, -0.25) is 0 Å². The molecular weight excluding hydrogens is 317 g/mol. The number of methoxy groups -OCH3 is 1. The largest absolute Gasteiger partial charge is 0.465 e. The number of carbonyl (C=O) groups is 1. The maximum Gasteiger partial charge on any atom is 0.436 e. The summed E-state index contributed by atoms with van der Waals surface area (Å²) in [4.78, 5) is 8.94. The SMILES string of the molecule is COC(=O)c1cc(C)c(C(F)(C(F)(F)F)C(F)(F)F)s1. The van der Waals surface area contributed by atoms with Gasteiger partial charge >= 0.3 is 24.0 Å². The molecule has 0 unspecified atom stereocenters. The fourth-order valence-electron chi connectivity index (χ4n) is 1.44. The number of rotatable bonds is 2. The molecule has 2 nitrogen and oxygen atoms in total. The van der Waals surface area contributed by atoms with E-state index in [1.54, 1.807) is 0 Å². The highest BCUT2D eigenvalue weighted by Gasteiger charge is 2.74. The van der Waals surface area contributed by atoms with Crippen molar-refractivity contribution >= 4 is 17.3 Å². The lowest BCUT2D eigenvalue weighted by atomic mass is 9.99. The molecule has 0 N–H and O–H groups in total. The van der Waals surface area contributed by atoms with Gasteiger partial charge in [-0.15, -0.1) is 11.3 Å². The van der Waals surface area contributed by atoms with E-state index < -0.39 is 39.3 Å². The first kappa shape index (κ1) is 16.7. The average Bonchev–Trinajstić information content (AvgIpc) is 2.66. The van der Waals surface area contributed by atoms with Crippen molar-refractivity contribution in [1.29, 1.82) is 0 Å². The van der Waals surface area contributed by atoms with Gasteiger partial charge in [0.2, 0.25) is 0 Å². The van der Waals surface area contributed by atoms with Gasteiger partial charge in [0.1, 0.15) is 4.88 Å². The third-order valence-electron chi connectivity index (χ3n) is 2.40. The Labute approximate surface area is 112 Å². The molecule has 20 heavy (non-hydrogen) atoms. The number of carbonyl (C=O) groups excluding carboxylic acids is 1. The average molecular weight is 324 g/mol. The molecule has 0 spiro atoms. The number of ether oxygens (including phenoxy) is 1. The molecule has 1 rings (SSSR count). The van der Waals surface area contributed by atoms with Crippen molar-refractivity contribution in [2.45, 2.75) is 24.9 Å². The van der Waals surface area contributed by atoms with Crippen molar-refractivity contribution in [2.24, 2.45) is 0 Å². The molecule has 10 heteroatoms. The summed E-state index contributed by atoms with van der Waals surface area (Å²) in [5.74, 6) is -1.14. The van der Waals surface area contributed by atoms with E-state index in [4.69, 9.17) is 0 Å². The molecule has 0 bridgehead atoms. The topological polar surface area (TPSA) is 26.3 Å². The van der Waals surface area contributed by atoms with Gasteiger partial charge in [-0.2, -0.15) is 26.3 Å². The molecule has 0 fully saturated rings. The fraction of sp³-hybridized carbons (Fsp3) is 0.500. The lowest BCUT2D eigenvalue weighted by molar-refractivity contribution is -0.347. The molecule has 0 saturated heterocycles. The first-order chi connectivity index (χ1) is 8.86. The molecule has 0 aliphatic rings. The van der Waals surface area contributed by atoms with E-state index in [-0.39, 0.29) is 11.3 Å². The molecule has 0 aromatic carbocycles. The van der Waals surface area contributed by atoms with E-state index in [0.29, 0.717) is 0 Å². The molecule has 1 aromatic heterocycles. The Morgan fingerprint density at radius 1 is 1.10 bits per heavy atom. The lowest BCUT2D eigenvalue weighted by Gasteiger charge is -2.29. The van der Waals surface area contributed by atoms with Crippen molar-refractivity contribution in [2.75, 3.05) is 7.11 Å².